The van der Waals surface area contributed by atoms with Gasteiger partial charge in [0, 0.05) is 12.0 Å². The molecule has 0 aromatic heterocycles. The minimum absolute atomic E-state index is 0.342. The van der Waals surface area contributed by atoms with Crippen molar-refractivity contribution in [3.63, 3.8) is 0 Å². The van der Waals surface area contributed by atoms with Crippen LogP contribution in [0, 0.1) is 0 Å². The molecule has 0 atom stereocenters. The van der Waals surface area contributed by atoms with Gasteiger partial charge in [-0.15, -0.1) is 0 Å². The summed E-state index contributed by atoms with van der Waals surface area (Å²) in [6.45, 7) is 0. The highest BCUT2D eigenvalue weighted by Crippen LogP contribution is 2.13. The molecular formula is C14H20N2O3. The van der Waals surface area contributed by atoms with E-state index in [-0.39, 0.29) is 5.91 Å². The number of benzene rings is 1. The van der Waals surface area contributed by atoms with Crippen molar-refractivity contribution < 1.29 is 14.8 Å². The van der Waals surface area contributed by atoms with Crippen LogP contribution in [-0.4, -0.2) is 17.0 Å². The van der Waals surface area contributed by atoms with Crippen LogP contribution in [0.4, 0.5) is 0 Å². The zero-order chi connectivity index (χ0) is 14.1. The quantitative estimate of drug-likeness (QED) is 0.379. The number of carbonyl (C=O) groups excluding carboxylic acids is 2. The highest BCUT2D eigenvalue weighted by Gasteiger charge is 2.06. The minimum atomic E-state index is -0.393. The number of aryl methyl sites for hydroxylation is 1. The van der Waals surface area contributed by atoms with Crippen LogP contribution in [0.5, 0.6) is 0 Å². The third-order valence-electron chi connectivity index (χ3n) is 3.01. The molecule has 0 aliphatic heterocycles. The van der Waals surface area contributed by atoms with Crippen molar-refractivity contribution in [1.29, 1.82) is 0 Å². The van der Waals surface area contributed by atoms with Gasteiger partial charge in [0.2, 0.25) is 11.8 Å². The van der Waals surface area contributed by atoms with Gasteiger partial charge in [-0.3, -0.25) is 14.8 Å². The molecule has 1 rings (SSSR count). The molecule has 104 valence electrons. The monoisotopic (exact) mass is 264 g/mol. The number of unbranched alkanes of at least 4 members (excludes halogenated alkanes) is 3. The Hall–Kier alpha value is -1.88. The van der Waals surface area contributed by atoms with Crippen molar-refractivity contribution >= 4 is 11.8 Å². The van der Waals surface area contributed by atoms with Crippen LogP contribution in [0.3, 0.4) is 0 Å². The Morgan fingerprint density at radius 1 is 1.11 bits per heavy atom. The SMILES string of the molecule is NC(=O)c1ccccc1CCCCCCC(=O)NO. The number of amides is 2. The molecule has 0 fully saturated rings. The third kappa shape index (κ3) is 5.52. The zero-order valence-corrected chi connectivity index (χ0v) is 10.9. The second kappa shape index (κ2) is 8.26. The topological polar surface area (TPSA) is 92.4 Å². The Labute approximate surface area is 112 Å². The number of primary amides is 1. The van der Waals surface area contributed by atoms with Crippen LogP contribution < -0.4 is 11.2 Å². The molecule has 0 aliphatic carbocycles. The Balaban J connectivity index is 2.26. The fourth-order valence-electron chi connectivity index (χ4n) is 1.99. The first-order chi connectivity index (χ1) is 9.15. The largest absolute Gasteiger partial charge is 0.366 e. The van der Waals surface area contributed by atoms with E-state index in [9.17, 15) is 9.59 Å². The maximum absolute atomic E-state index is 11.2. The lowest BCUT2D eigenvalue weighted by Gasteiger charge is -2.06. The highest BCUT2D eigenvalue weighted by molar-refractivity contribution is 5.94. The van der Waals surface area contributed by atoms with Gasteiger partial charge >= 0.3 is 0 Å². The summed E-state index contributed by atoms with van der Waals surface area (Å²) < 4.78 is 0. The number of nitrogens with two attached hydrogens (primary N) is 1. The van der Waals surface area contributed by atoms with Crippen molar-refractivity contribution in [3.8, 4) is 0 Å². The average Bonchev–Trinajstić information content (AvgIpc) is 2.42. The van der Waals surface area contributed by atoms with Gasteiger partial charge in [0.25, 0.3) is 0 Å². The Bertz CT molecular complexity index is 432. The zero-order valence-electron chi connectivity index (χ0n) is 10.9. The Morgan fingerprint density at radius 3 is 2.47 bits per heavy atom. The fraction of sp³-hybridized carbons (Fsp3) is 0.429. The summed E-state index contributed by atoms with van der Waals surface area (Å²) in [5.74, 6) is -0.741. The number of hydroxylamine groups is 1. The summed E-state index contributed by atoms with van der Waals surface area (Å²) >= 11 is 0. The number of hydrogen-bond donors (Lipinski definition) is 3. The van der Waals surface area contributed by atoms with Gasteiger partial charge in [0.1, 0.15) is 0 Å². The van der Waals surface area contributed by atoms with E-state index in [2.05, 4.69) is 0 Å². The minimum Gasteiger partial charge on any atom is -0.366 e. The number of hydrogen-bond acceptors (Lipinski definition) is 3. The van der Waals surface area contributed by atoms with E-state index in [4.69, 9.17) is 10.9 Å². The molecule has 2 amide bonds. The molecule has 0 unspecified atom stereocenters. The molecule has 0 bridgehead atoms. The average molecular weight is 264 g/mol. The number of nitrogens with one attached hydrogen (secondary N) is 1. The standard InChI is InChI=1S/C14H20N2O3/c15-14(18)12-9-6-5-8-11(12)7-3-1-2-4-10-13(17)16-19/h5-6,8-9,19H,1-4,7,10H2,(H2,15,18)(H,16,17). The van der Waals surface area contributed by atoms with E-state index in [0.29, 0.717) is 12.0 Å². The molecule has 1 aromatic carbocycles. The van der Waals surface area contributed by atoms with Crippen molar-refractivity contribution in [2.45, 2.75) is 38.5 Å². The first-order valence-electron chi connectivity index (χ1n) is 6.45. The van der Waals surface area contributed by atoms with E-state index in [0.717, 1.165) is 37.7 Å². The van der Waals surface area contributed by atoms with E-state index in [1.54, 1.807) is 17.6 Å². The molecule has 0 spiro atoms. The van der Waals surface area contributed by atoms with Crippen molar-refractivity contribution in [2.75, 3.05) is 0 Å². The van der Waals surface area contributed by atoms with Gasteiger partial charge in [-0.1, -0.05) is 31.0 Å². The van der Waals surface area contributed by atoms with Crippen molar-refractivity contribution in [1.82, 2.24) is 5.48 Å². The first-order valence-corrected chi connectivity index (χ1v) is 6.45. The first kappa shape index (κ1) is 15.2. The molecule has 5 heteroatoms. The third-order valence-corrected chi connectivity index (χ3v) is 3.01. The Morgan fingerprint density at radius 2 is 1.79 bits per heavy atom. The van der Waals surface area contributed by atoms with E-state index in [1.165, 1.54) is 0 Å². The maximum atomic E-state index is 11.2. The van der Waals surface area contributed by atoms with E-state index < -0.39 is 5.91 Å². The molecule has 0 radical (unpaired) electrons. The lowest BCUT2D eigenvalue weighted by molar-refractivity contribution is -0.129. The molecule has 0 aliphatic rings. The molecule has 0 saturated heterocycles. The Kier molecular flexibility index (Phi) is 6.60. The lowest BCUT2D eigenvalue weighted by Crippen LogP contribution is -2.17. The summed E-state index contributed by atoms with van der Waals surface area (Å²) in [4.78, 5) is 22.0. The smallest absolute Gasteiger partial charge is 0.248 e. The predicted molar refractivity (Wildman–Crippen MR) is 71.7 cm³/mol. The van der Waals surface area contributed by atoms with Crippen LogP contribution in [0.15, 0.2) is 24.3 Å². The number of rotatable bonds is 8. The summed E-state index contributed by atoms with van der Waals surface area (Å²) in [6, 6.07) is 7.35. The van der Waals surface area contributed by atoms with Gasteiger partial charge in [-0.05, 0) is 30.9 Å². The summed E-state index contributed by atoms with van der Waals surface area (Å²) in [5.41, 5.74) is 8.48. The van der Waals surface area contributed by atoms with Crippen LogP contribution in [-0.2, 0) is 11.2 Å². The van der Waals surface area contributed by atoms with Crippen molar-refractivity contribution in [2.24, 2.45) is 5.73 Å². The molecule has 5 nitrogen and oxygen atoms in total. The van der Waals surface area contributed by atoms with Crippen LogP contribution in [0.2, 0.25) is 0 Å². The van der Waals surface area contributed by atoms with Gasteiger partial charge in [0.15, 0.2) is 0 Å². The molecule has 4 N–H and O–H groups in total. The van der Waals surface area contributed by atoms with Crippen LogP contribution >= 0.6 is 0 Å². The normalized spacial score (nSPS) is 10.2. The van der Waals surface area contributed by atoms with Gasteiger partial charge in [0.05, 0.1) is 0 Å². The summed E-state index contributed by atoms with van der Waals surface area (Å²) in [7, 11) is 0. The highest BCUT2D eigenvalue weighted by atomic mass is 16.5. The predicted octanol–water partition coefficient (Wildman–Crippen LogP) is 1.78. The summed E-state index contributed by atoms with van der Waals surface area (Å²) in [6.07, 6.45) is 4.76. The van der Waals surface area contributed by atoms with Gasteiger partial charge in [-0.2, -0.15) is 0 Å². The molecular weight excluding hydrogens is 244 g/mol. The van der Waals surface area contributed by atoms with Crippen molar-refractivity contribution in [3.05, 3.63) is 35.4 Å². The molecule has 1 aromatic rings. The molecule has 0 heterocycles. The van der Waals surface area contributed by atoms with Crippen LogP contribution in [0.25, 0.3) is 0 Å². The number of carbonyl (C=O) groups is 2. The molecule has 0 saturated carbocycles. The van der Waals surface area contributed by atoms with Gasteiger partial charge in [-0.25, -0.2) is 5.48 Å². The van der Waals surface area contributed by atoms with Gasteiger partial charge < -0.3 is 5.73 Å². The van der Waals surface area contributed by atoms with E-state index >= 15 is 0 Å². The second-order valence-corrected chi connectivity index (χ2v) is 4.47. The van der Waals surface area contributed by atoms with Crippen LogP contribution in [0.1, 0.15) is 48.0 Å². The fourth-order valence-corrected chi connectivity index (χ4v) is 1.99. The summed E-state index contributed by atoms with van der Waals surface area (Å²) in [5, 5.41) is 8.33. The van der Waals surface area contributed by atoms with E-state index in [1.807, 2.05) is 12.1 Å². The second-order valence-electron chi connectivity index (χ2n) is 4.47. The lowest BCUT2D eigenvalue weighted by atomic mass is 10.0. The maximum Gasteiger partial charge on any atom is 0.248 e. The molecule has 19 heavy (non-hydrogen) atoms.